The van der Waals surface area contributed by atoms with E-state index in [0.29, 0.717) is 18.4 Å². The normalized spacial score (nSPS) is 23.4. The highest BCUT2D eigenvalue weighted by Gasteiger charge is 2.26. The van der Waals surface area contributed by atoms with Crippen molar-refractivity contribution in [1.82, 2.24) is 14.7 Å². The van der Waals surface area contributed by atoms with Crippen LogP contribution in [0.15, 0.2) is 24.3 Å². The molecule has 0 aromatic heterocycles. The van der Waals surface area contributed by atoms with Gasteiger partial charge in [0.25, 0.3) is 0 Å². The van der Waals surface area contributed by atoms with Crippen molar-refractivity contribution in [2.45, 2.75) is 38.3 Å². The van der Waals surface area contributed by atoms with Gasteiger partial charge in [0.2, 0.25) is 5.91 Å². The third-order valence-electron chi connectivity index (χ3n) is 5.38. The lowest BCUT2D eigenvalue weighted by atomic mass is 9.99. The Morgan fingerprint density at radius 1 is 1.08 bits per heavy atom. The van der Waals surface area contributed by atoms with Gasteiger partial charge in [-0.15, -0.1) is 0 Å². The average Bonchev–Trinajstić information content (AvgIpc) is 2.59. The fourth-order valence-corrected chi connectivity index (χ4v) is 3.86. The molecule has 4 nitrogen and oxygen atoms in total. The molecule has 1 aromatic rings. The number of nitrogens with zero attached hydrogens (tertiary/aromatic N) is 3. The molecule has 2 saturated heterocycles. The summed E-state index contributed by atoms with van der Waals surface area (Å²) in [5, 5.41) is 0.779. The molecule has 24 heavy (non-hydrogen) atoms. The predicted molar refractivity (Wildman–Crippen MR) is 98.2 cm³/mol. The van der Waals surface area contributed by atoms with Crippen LogP contribution in [0.4, 0.5) is 0 Å². The van der Waals surface area contributed by atoms with Crippen LogP contribution < -0.4 is 0 Å². The van der Waals surface area contributed by atoms with Crippen molar-refractivity contribution in [3.8, 4) is 0 Å². The minimum atomic E-state index is 0.333. The standard InChI is InChI=1S/C19H28ClN3O/c1-21-9-3-2-4-18(21)14-19(24)23-12-10-22(11-13-23)15-16-5-7-17(20)8-6-16/h5-8,18H,2-4,9-15H2,1H3/t18-/m1/s1. The maximum Gasteiger partial charge on any atom is 0.224 e. The minimum absolute atomic E-state index is 0.333. The van der Waals surface area contributed by atoms with Gasteiger partial charge >= 0.3 is 0 Å². The zero-order valence-electron chi connectivity index (χ0n) is 14.6. The van der Waals surface area contributed by atoms with Gasteiger partial charge in [0, 0.05) is 50.2 Å². The van der Waals surface area contributed by atoms with E-state index in [9.17, 15) is 4.79 Å². The Bertz CT molecular complexity index is 540. The van der Waals surface area contributed by atoms with Crippen molar-refractivity contribution in [3.05, 3.63) is 34.9 Å². The second kappa shape index (κ2) is 8.32. The summed E-state index contributed by atoms with van der Waals surface area (Å²) in [7, 11) is 2.15. The highest BCUT2D eigenvalue weighted by Crippen LogP contribution is 2.19. The fourth-order valence-electron chi connectivity index (χ4n) is 3.74. The van der Waals surface area contributed by atoms with E-state index in [2.05, 4.69) is 33.9 Å². The minimum Gasteiger partial charge on any atom is -0.340 e. The Kier molecular flexibility index (Phi) is 6.14. The van der Waals surface area contributed by atoms with Crippen LogP contribution in [0.1, 0.15) is 31.2 Å². The number of likely N-dealkylation sites (tertiary alicyclic amines) is 1. The van der Waals surface area contributed by atoms with Crippen molar-refractivity contribution in [2.75, 3.05) is 39.8 Å². The summed E-state index contributed by atoms with van der Waals surface area (Å²) in [6.07, 6.45) is 4.38. The molecule has 1 atom stereocenters. The van der Waals surface area contributed by atoms with Gasteiger partial charge in [-0.25, -0.2) is 0 Å². The number of amides is 1. The van der Waals surface area contributed by atoms with Crippen LogP contribution in [0, 0.1) is 0 Å². The van der Waals surface area contributed by atoms with Gasteiger partial charge in [-0.3, -0.25) is 9.69 Å². The molecule has 0 bridgehead atoms. The van der Waals surface area contributed by atoms with Crippen LogP contribution in [0.5, 0.6) is 0 Å². The lowest BCUT2D eigenvalue weighted by Crippen LogP contribution is -2.50. The van der Waals surface area contributed by atoms with Gasteiger partial charge in [0.1, 0.15) is 0 Å². The topological polar surface area (TPSA) is 26.8 Å². The molecule has 0 unspecified atom stereocenters. The molecule has 0 radical (unpaired) electrons. The van der Waals surface area contributed by atoms with E-state index in [-0.39, 0.29) is 0 Å². The first-order valence-corrected chi connectivity index (χ1v) is 9.44. The fraction of sp³-hybridized carbons (Fsp3) is 0.632. The Morgan fingerprint density at radius 2 is 1.79 bits per heavy atom. The van der Waals surface area contributed by atoms with Gasteiger partial charge in [-0.05, 0) is 44.1 Å². The lowest BCUT2D eigenvalue weighted by molar-refractivity contribution is -0.134. The number of hydrogen-bond donors (Lipinski definition) is 0. The van der Waals surface area contributed by atoms with Gasteiger partial charge in [-0.1, -0.05) is 30.2 Å². The van der Waals surface area contributed by atoms with Gasteiger partial charge in [0.15, 0.2) is 0 Å². The Balaban J connectivity index is 1.44. The van der Waals surface area contributed by atoms with Crippen LogP contribution in [0.25, 0.3) is 0 Å². The quantitative estimate of drug-likeness (QED) is 0.836. The molecule has 132 valence electrons. The van der Waals surface area contributed by atoms with Gasteiger partial charge < -0.3 is 9.80 Å². The van der Waals surface area contributed by atoms with Crippen LogP contribution in [-0.2, 0) is 11.3 Å². The third kappa shape index (κ3) is 4.71. The number of rotatable bonds is 4. The van der Waals surface area contributed by atoms with Crippen molar-refractivity contribution in [3.63, 3.8) is 0 Å². The first-order valence-electron chi connectivity index (χ1n) is 9.06. The number of carbonyl (C=O) groups is 1. The van der Waals surface area contributed by atoms with E-state index < -0.39 is 0 Å². The summed E-state index contributed by atoms with van der Waals surface area (Å²) in [6.45, 7) is 5.67. The summed E-state index contributed by atoms with van der Waals surface area (Å²) in [5.41, 5.74) is 1.28. The first kappa shape index (κ1) is 17.7. The summed E-state index contributed by atoms with van der Waals surface area (Å²) in [5.74, 6) is 0.333. The maximum atomic E-state index is 12.6. The van der Waals surface area contributed by atoms with E-state index in [1.54, 1.807) is 0 Å². The highest BCUT2D eigenvalue weighted by atomic mass is 35.5. The molecule has 0 aliphatic carbocycles. The van der Waals surface area contributed by atoms with Crippen molar-refractivity contribution in [2.24, 2.45) is 0 Å². The molecule has 3 rings (SSSR count). The molecule has 1 aromatic carbocycles. The highest BCUT2D eigenvalue weighted by molar-refractivity contribution is 6.30. The number of hydrogen-bond acceptors (Lipinski definition) is 3. The molecule has 0 N–H and O–H groups in total. The molecule has 0 spiro atoms. The third-order valence-corrected chi connectivity index (χ3v) is 5.63. The van der Waals surface area contributed by atoms with Crippen LogP contribution in [0.3, 0.4) is 0 Å². The smallest absolute Gasteiger partial charge is 0.224 e. The van der Waals surface area contributed by atoms with E-state index in [0.717, 1.165) is 44.3 Å². The molecular formula is C19H28ClN3O. The van der Waals surface area contributed by atoms with Crippen molar-refractivity contribution >= 4 is 17.5 Å². The summed E-state index contributed by atoms with van der Waals surface area (Å²) < 4.78 is 0. The first-order chi connectivity index (χ1) is 11.6. The summed E-state index contributed by atoms with van der Waals surface area (Å²) in [6, 6.07) is 8.49. The van der Waals surface area contributed by atoms with Gasteiger partial charge in [0.05, 0.1) is 0 Å². The second-order valence-corrected chi connectivity index (χ2v) is 7.55. The zero-order valence-corrected chi connectivity index (χ0v) is 15.3. The number of carbonyl (C=O) groups excluding carboxylic acids is 1. The second-order valence-electron chi connectivity index (χ2n) is 7.12. The van der Waals surface area contributed by atoms with Crippen LogP contribution in [-0.4, -0.2) is 66.4 Å². The Hall–Kier alpha value is -1.10. The molecule has 2 aliphatic heterocycles. The molecular weight excluding hydrogens is 322 g/mol. The SMILES string of the molecule is CN1CCCC[C@@H]1CC(=O)N1CCN(Cc2ccc(Cl)cc2)CC1. The monoisotopic (exact) mass is 349 g/mol. The van der Waals surface area contributed by atoms with Crippen molar-refractivity contribution in [1.29, 1.82) is 0 Å². The molecule has 0 saturated carbocycles. The average molecular weight is 350 g/mol. The van der Waals surface area contributed by atoms with E-state index in [1.165, 1.54) is 24.8 Å². The van der Waals surface area contributed by atoms with Crippen LogP contribution in [0.2, 0.25) is 5.02 Å². The largest absolute Gasteiger partial charge is 0.340 e. The number of piperazine rings is 1. The van der Waals surface area contributed by atoms with E-state index >= 15 is 0 Å². The molecule has 1 amide bonds. The molecule has 2 aliphatic rings. The summed E-state index contributed by atoms with van der Waals surface area (Å²) in [4.78, 5) is 19.4. The van der Waals surface area contributed by atoms with E-state index in [1.807, 2.05) is 12.1 Å². The molecule has 2 fully saturated rings. The number of halogens is 1. The molecule has 2 heterocycles. The zero-order chi connectivity index (χ0) is 16.9. The lowest BCUT2D eigenvalue weighted by Gasteiger charge is -2.37. The predicted octanol–water partition coefficient (Wildman–Crippen LogP) is 2.86. The maximum absolute atomic E-state index is 12.6. The number of piperidine rings is 1. The van der Waals surface area contributed by atoms with Crippen molar-refractivity contribution < 1.29 is 4.79 Å². The Labute approximate surface area is 150 Å². The van der Waals surface area contributed by atoms with E-state index in [4.69, 9.17) is 11.6 Å². The molecule has 5 heteroatoms. The Morgan fingerprint density at radius 3 is 2.46 bits per heavy atom. The summed E-state index contributed by atoms with van der Waals surface area (Å²) >= 11 is 5.94. The van der Waals surface area contributed by atoms with Crippen LogP contribution >= 0.6 is 11.6 Å². The van der Waals surface area contributed by atoms with Gasteiger partial charge in [-0.2, -0.15) is 0 Å². The number of benzene rings is 1.